The fourth-order valence-corrected chi connectivity index (χ4v) is 1.96. The minimum atomic E-state index is -1.02. The van der Waals surface area contributed by atoms with Gasteiger partial charge in [0, 0.05) is 12.7 Å². The van der Waals surface area contributed by atoms with Crippen LogP contribution in [-0.4, -0.2) is 29.7 Å². The zero-order valence-corrected chi connectivity index (χ0v) is 10.0. The Morgan fingerprint density at radius 2 is 1.94 bits per heavy atom. The van der Waals surface area contributed by atoms with Crippen LogP contribution in [0.2, 0.25) is 0 Å². The molecule has 1 saturated carbocycles. The normalized spacial score (nSPS) is 15.4. The van der Waals surface area contributed by atoms with E-state index in [1.165, 1.54) is 4.90 Å². The lowest BCUT2D eigenvalue weighted by molar-refractivity contribution is -0.132. The number of hydrogen-bond acceptors (Lipinski definition) is 2. The third-order valence-electron chi connectivity index (χ3n) is 3.25. The number of hydrogen-bond donors (Lipinski definition) is 0. The molecule has 1 aromatic carbocycles. The summed E-state index contributed by atoms with van der Waals surface area (Å²) in [6.07, 6.45) is 1.82. The molecule has 0 bridgehead atoms. The monoisotopic (exact) mass is 243 g/mol. The maximum absolute atomic E-state index is 12.3. The molecule has 0 unspecified atom stereocenters. The van der Waals surface area contributed by atoms with E-state index in [1.54, 1.807) is 19.2 Å². The van der Waals surface area contributed by atoms with E-state index in [4.69, 9.17) is 5.53 Å². The average molecular weight is 243 g/mol. The molecule has 92 valence electrons. The van der Waals surface area contributed by atoms with Crippen molar-refractivity contribution in [3.05, 3.63) is 35.9 Å². The van der Waals surface area contributed by atoms with Crippen LogP contribution in [0.3, 0.4) is 0 Å². The summed E-state index contributed by atoms with van der Waals surface area (Å²) in [5.41, 5.74) is 8.11. The minimum absolute atomic E-state index is 0.251. The van der Waals surface area contributed by atoms with E-state index in [-0.39, 0.29) is 5.91 Å². The number of para-hydroxylation sites is 1. The summed E-state index contributed by atoms with van der Waals surface area (Å²) >= 11 is 0. The van der Waals surface area contributed by atoms with Crippen LogP contribution in [-0.2, 0) is 9.59 Å². The van der Waals surface area contributed by atoms with E-state index in [2.05, 4.69) is 4.79 Å². The van der Waals surface area contributed by atoms with Gasteiger partial charge in [0.1, 0.15) is 5.41 Å². The molecule has 1 aromatic rings. The van der Waals surface area contributed by atoms with Crippen LogP contribution in [0.1, 0.15) is 12.8 Å². The smallest absolute Gasteiger partial charge is 0.324 e. The quantitative estimate of drug-likeness (QED) is 0.346. The number of nitrogens with zero attached hydrogens (tertiary/aromatic N) is 3. The first-order valence-electron chi connectivity index (χ1n) is 5.67. The van der Waals surface area contributed by atoms with Crippen molar-refractivity contribution in [1.29, 1.82) is 0 Å². The van der Waals surface area contributed by atoms with Crippen LogP contribution < -0.4 is 4.90 Å². The van der Waals surface area contributed by atoms with Gasteiger partial charge in [-0.3, -0.25) is 9.59 Å². The standard InChI is InChI=1S/C13H13N3O2/c1-16(10-5-3-2-4-6-10)12(18)13(7-8-13)11(17)9-15-14/h2-6,9H,7-8H2,1H3. The lowest BCUT2D eigenvalue weighted by Gasteiger charge is -2.21. The third-order valence-corrected chi connectivity index (χ3v) is 3.25. The van der Waals surface area contributed by atoms with Gasteiger partial charge in [-0.1, -0.05) is 18.2 Å². The maximum atomic E-state index is 12.3. The van der Waals surface area contributed by atoms with Gasteiger partial charge in [-0.25, -0.2) is 0 Å². The molecule has 1 aliphatic rings. The average Bonchev–Trinajstić information content (AvgIpc) is 3.20. The molecule has 0 saturated heterocycles. The zero-order valence-electron chi connectivity index (χ0n) is 10.0. The summed E-state index contributed by atoms with van der Waals surface area (Å²) in [6.45, 7) is 0. The Morgan fingerprint density at radius 3 is 2.44 bits per heavy atom. The van der Waals surface area contributed by atoms with E-state index in [9.17, 15) is 9.59 Å². The topological polar surface area (TPSA) is 73.8 Å². The predicted molar refractivity (Wildman–Crippen MR) is 66.2 cm³/mol. The lowest BCUT2D eigenvalue weighted by atomic mass is 9.99. The van der Waals surface area contributed by atoms with E-state index in [0.717, 1.165) is 11.9 Å². The largest absolute Gasteiger partial charge is 0.361 e. The molecule has 0 aliphatic heterocycles. The minimum Gasteiger partial charge on any atom is -0.361 e. The molecule has 0 atom stereocenters. The Kier molecular flexibility index (Phi) is 3.08. The van der Waals surface area contributed by atoms with Crippen molar-refractivity contribution in [3.8, 4) is 0 Å². The van der Waals surface area contributed by atoms with Crippen molar-refractivity contribution in [3.63, 3.8) is 0 Å². The number of amides is 1. The summed E-state index contributed by atoms with van der Waals surface area (Å²) in [5.74, 6) is -0.684. The summed E-state index contributed by atoms with van der Waals surface area (Å²) in [5, 5.41) is 0. The molecule has 5 heteroatoms. The fourth-order valence-electron chi connectivity index (χ4n) is 1.96. The molecule has 18 heavy (non-hydrogen) atoms. The Morgan fingerprint density at radius 1 is 1.33 bits per heavy atom. The molecule has 5 nitrogen and oxygen atoms in total. The van der Waals surface area contributed by atoms with Crippen LogP contribution in [0.15, 0.2) is 30.3 Å². The SMILES string of the molecule is CN(C(=O)C1(C(=O)C=[N+]=[N-])CC1)c1ccccc1. The molecular formula is C13H13N3O2. The van der Waals surface area contributed by atoms with Gasteiger partial charge in [0.25, 0.3) is 5.78 Å². The van der Waals surface area contributed by atoms with Gasteiger partial charge in [-0.15, -0.1) is 0 Å². The Bertz CT molecular complexity index is 528. The van der Waals surface area contributed by atoms with Crippen molar-refractivity contribution in [1.82, 2.24) is 0 Å². The summed E-state index contributed by atoms with van der Waals surface area (Å²) in [6, 6.07) is 9.13. The number of rotatable bonds is 4. The van der Waals surface area contributed by atoms with E-state index in [0.29, 0.717) is 12.8 Å². The molecule has 1 fully saturated rings. The van der Waals surface area contributed by atoms with E-state index >= 15 is 0 Å². The van der Waals surface area contributed by atoms with Crippen LogP contribution in [0.4, 0.5) is 5.69 Å². The molecular weight excluding hydrogens is 230 g/mol. The zero-order chi connectivity index (χ0) is 13.2. The second kappa shape index (κ2) is 4.55. The van der Waals surface area contributed by atoms with Gasteiger partial charge < -0.3 is 10.4 Å². The highest BCUT2D eigenvalue weighted by atomic mass is 16.2. The summed E-state index contributed by atoms with van der Waals surface area (Å²) < 4.78 is 0. The van der Waals surface area contributed by atoms with Gasteiger partial charge >= 0.3 is 6.21 Å². The van der Waals surface area contributed by atoms with Gasteiger partial charge in [0.15, 0.2) is 0 Å². The van der Waals surface area contributed by atoms with Crippen molar-refractivity contribution < 1.29 is 14.4 Å². The first kappa shape index (κ1) is 12.2. The number of Topliss-reactive ketones (excluding diaryl/α,β-unsaturated/α-hetero) is 1. The second-order valence-corrected chi connectivity index (χ2v) is 4.39. The number of benzene rings is 1. The van der Waals surface area contributed by atoms with Gasteiger partial charge in [0.2, 0.25) is 5.91 Å². The van der Waals surface area contributed by atoms with Crippen molar-refractivity contribution >= 4 is 23.6 Å². The number of ketones is 1. The van der Waals surface area contributed by atoms with Crippen molar-refractivity contribution in [2.45, 2.75) is 12.8 Å². The summed E-state index contributed by atoms with van der Waals surface area (Å²) in [7, 11) is 1.64. The number of carbonyl (C=O) groups excluding carboxylic acids is 2. The van der Waals surface area contributed by atoms with E-state index < -0.39 is 11.2 Å². The van der Waals surface area contributed by atoms with Gasteiger partial charge in [-0.05, 0) is 25.0 Å². The van der Waals surface area contributed by atoms with Crippen molar-refractivity contribution in [2.75, 3.05) is 11.9 Å². The number of anilines is 1. The Labute approximate surface area is 105 Å². The molecule has 0 spiro atoms. The van der Waals surface area contributed by atoms with Crippen LogP contribution >= 0.6 is 0 Å². The molecule has 0 heterocycles. The first-order valence-corrected chi connectivity index (χ1v) is 5.67. The molecule has 0 radical (unpaired) electrons. The van der Waals surface area contributed by atoms with E-state index in [1.807, 2.05) is 18.2 Å². The highest BCUT2D eigenvalue weighted by Crippen LogP contribution is 2.48. The summed E-state index contributed by atoms with van der Waals surface area (Å²) in [4.78, 5) is 28.2. The lowest BCUT2D eigenvalue weighted by Crippen LogP contribution is -2.39. The highest BCUT2D eigenvalue weighted by Gasteiger charge is 2.58. The van der Waals surface area contributed by atoms with Gasteiger partial charge in [-0.2, -0.15) is 4.79 Å². The molecule has 0 aromatic heterocycles. The van der Waals surface area contributed by atoms with Crippen LogP contribution in [0.5, 0.6) is 0 Å². The van der Waals surface area contributed by atoms with Crippen LogP contribution in [0.25, 0.3) is 5.53 Å². The van der Waals surface area contributed by atoms with Crippen molar-refractivity contribution in [2.24, 2.45) is 5.41 Å². The second-order valence-electron chi connectivity index (χ2n) is 4.39. The highest BCUT2D eigenvalue weighted by molar-refractivity contribution is 6.36. The Hall–Kier alpha value is -2.26. The fraction of sp³-hybridized carbons (Fsp3) is 0.308. The van der Waals surface area contributed by atoms with Crippen LogP contribution in [0, 0.1) is 5.41 Å². The first-order chi connectivity index (χ1) is 8.62. The van der Waals surface area contributed by atoms with Gasteiger partial charge in [0.05, 0.1) is 0 Å². The number of carbonyl (C=O) groups is 2. The predicted octanol–water partition coefficient (Wildman–Crippen LogP) is 1.30. The third kappa shape index (κ3) is 1.96. The maximum Gasteiger partial charge on any atom is 0.324 e. The molecule has 2 rings (SSSR count). The molecule has 1 aliphatic carbocycles. The molecule has 0 N–H and O–H groups in total. The molecule has 1 amide bonds. The Balaban J connectivity index is 2.22.